The van der Waals surface area contributed by atoms with Gasteiger partial charge in [0.25, 0.3) is 0 Å². The predicted molar refractivity (Wildman–Crippen MR) is 103 cm³/mol. The van der Waals surface area contributed by atoms with Crippen molar-refractivity contribution in [2.45, 2.75) is 26.7 Å². The molecule has 0 radical (unpaired) electrons. The molecule has 0 nitrogen and oxygen atoms in total. The summed E-state index contributed by atoms with van der Waals surface area (Å²) < 4.78 is 0. The third-order valence-electron chi connectivity index (χ3n) is 2.90. The minimum absolute atomic E-state index is 0. The summed E-state index contributed by atoms with van der Waals surface area (Å²) in [6.07, 6.45) is 20.0. The molecule has 124 valence electrons. The first-order valence-corrected chi connectivity index (χ1v) is 8.08. The molecule has 2 aliphatic rings. The van der Waals surface area contributed by atoms with Crippen molar-refractivity contribution in [3.8, 4) is 0 Å². The Kier molecular flexibility index (Phi) is 15.7. The van der Waals surface area contributed by atoms with E-state index in [1.807, 2.05) is 60.7 Å². The molecule has 1 heteroatoms. The number of allylic oxidation sites excluding steroid dienone is 8. The SMILES string of the molecule is Cc1c[c-]ccc1.Cc1c[c-]ccc1.[C-]1=CC=CC1.[C-]1=CC=CC1.[Ti+4]. The first-order chi connectivity index (χ1) is 11.8. The summed E-state index contributed by atoms with van der Waals surface area (Å²) in [6, 6.07) is 21.7. The summed E-state index contributed by atoms with van der Waals surface area (Å²) >= 11 is 0. The van der Waals surface area contributed by atoms with Gasteiger partial charge in [-0.3, -0.25) is 12.2 Å². The largest absolute Gasteiger partial charge is 4.00 e. The first kappa shape index (κ1) is 23.1. The van der Waals surface area contributed by atoms with Crippen molar-refractivity contribution in [1.29, 1.82) is 0 Å². The van der Waals surface area contributed by atoms with Gasteiger partial charge in [-0.2, -0.15) is 83.9 Å². The Morgan fingerprint density at radius 1 is 0.720 bits per heavy atom. The predicted octanol–water partition coefficient (Wildman–Crippen LogP) is 6.20. The van der Waals surface area contributed by atoms with Gasteiger partial charge in [0.15, 0.2) is 0 Å². The van der Waals surface area contributed by atoms with E-state index in [-0.39, 0.29) is 21.7 Å². The molecule has 2 aromatic carbocycles. The topological polar surface area (TPSA) is 0 Å². The molecule has 0 saturated carbocycles. The van der Waals surface area contributed by atoms with E-state index in [9.17, 15) is 0 Å². The molecular formula is C24H24Ti. The van der Waals surface area contributed by atoms with Crippen LogP contribution in [0.5, 0.6) is 0 Å². The number of hydrogen-bond acceptors (Lipinski definition) is 0. The second-order valence-electron chi connectivity index (χ2n) is 5.17. The van der Waals surface area contributed by atoms with E-state index < -0.39 is 0 Å². The molecule has 0 aliphatic heterocycles. The fraction of sp³-hybridized carbons (Fsp3) is 0.167. The van der Waals surface area contributed by atoms with E-state index in [4.69, 9.17) is 0 Å². The fourth-order valence-electron chi connectivity index (χ4n) is 1.65. The van der Waals surface area contributed by atoms with Gasteiger partial charge in [-0.1, -0.05) is 13.8 Å². The van der Waals surface area contributed by atoms with Crippen LogP contribution in [0.3, 0.4) is 0 Å². The minimum atomic E-state index is 0. The molecule has 0 N–H and O–H groups in total. The maximum absolute atomic E-state index is 2.99. The van der Waals surface area contributed by atoms with Gasteiger partial charge >= 0.3 is 21.7 Å². The van der Waals surface area contributed by atoms with Gasteiger partial charge in [0, 0.05) is 0 Å². The van der Waals surface area contributed by atoms with Crippen molar-refractivity contribution < 1.29 is 21.7 Å². The van der Waals surface area contributed by atoms with Crippen molar-refractivity contribution in [1.82, 2.24) is 0 Å². The van der Waals surface area contributed by atoms with Crippen LogP contribution in [0.25, 0.3) is 0 Å². The zero-order valence-corrected chi connectivity index (χ0v) is 16.6. The normalized spacial score (nSPS) is 11.9. The average Bonchev–Trinajstić information content (AvgIpc) is 3.36. The van der Waals surface area contributed by atoms with Gasteiger partial charge in [0.2, 0.25) is 0 Å². The van der Waals surface area contributed by atoms with Crippen molar-refractivity contribution in [2.24, 2.45) is 0 Å². The van der Waals surface area contributed by atoms with Crippen molar-refractivity contribution in [3.05, 3.63) is 120 Å². The Morgan fingerprint density at radius 2 is 1.16 bits per heavy atom. The zero-order valence-electron chi connectivity index (χ0n) is 15.0. The van der Waals surface area contributed by atoms with Crippen LogP contribution >= 0.6 is 0 Å². The monoisotopic (exact) mass is 360 g/mol. The molecule has 0 saturated heterocycles. The zero-order chi connectivity index (χ0) is 17.3. The Morgan fingerprint density at radius 3 is 1.28 bits per heavy atom. The number of rotatable bonds is 0. The van der Waals surface area contributed by atoms with Gasteiger partial charge in [0.1, 0.15) is 0 Å². The van der Waals surface area contributed by atoms with Crippen LogP contribution < -0.4 is 0 Å². The maximum Gasteiger partial charge on any atom is 4.00 e. The van der Waals surface area contributed by atoms with Crippen LogP contribution in [0.15, 0.2) is 85.0 Å². The summed E-state index contributed by atoms with van der Waals surface area (Å²) in [5, 5.41) is 0. The molecule has 25 heavy (non-hydrogen) atoms. The second-order valence-corrected chi connectivity index (χ2v) is 5.17. The summed E-state index contributed by atoms with van der Waals surface area (Å²) in [4.78, 5) is 0. The summed E-state index contributed by atoms with van der Waals surface area (Å²) in [7, 11) is 0. The van der Waals surface area contributed by atoms with Gasteiger partial charge in [-0.05, 0) is 0 Å². The molecule has 2 aliphatic carbocycles. The molecule has 0 aromatic heterocycles. The number of aryl methyl sites for hydroxylation is 2. The van der Waals surface area contributed by atoms with Gasteiger partial charge in [-0.25, -0.2) is 24.3 Å². The molecule has 0 atom stereocenters. The van der Waals surface area contributed by atoms with E-state index in [1.54, 1.807) is 0 Å². The van der Waals surface area contributed by atoms with Crippen LogP contribution in [0.4, 0.5) is 0 Å². The van der Waals surface area contributed by atoms with Crippen LogP contribution in [0.2, 0.25) is 0 Å². The standard InChI is InChI=1S/2C7H7.2C5H5.Ti/c2*1-7-5-3-2-4-6-7;2*1-2-4-5-3-1;/h2*2-3,5-6H,1H3;2*1-3H,4H2;/q4*-1;+4. The Bertz CT molecular complexity index is 555. The smallest absolute Gasteiger partial charge is 0.273 e. The molecule has 4 rings (SSSR count). The van der Waals surface area contributed by atoms with E-state index in [1.165, 1.54) is 11.1 Å². The van der Waals surface area contributed by atoms with Crippen LogP contribution in [0.1, 0.15) is 24.0 Å². The van der Waals surface area contributed by atoms with Crippen LogP contribution in [-0.4, -0.2) is 0 Å². The van der Waals surface area contributed by atoms with E-state index in [0.29, 0.717) is 0 Å². The molecule has 0 amide bonds. The van der Waals surface area contributed by atoms with Crippen molar-refractivity contribution in [3.63, 3.8) is 0 Å². The van der Waals surface area contributed by atoms with Crippen LogP contribution in [-0.2, 0) is 21.7 Å². The molecule has 0 fully saturated rings. The van der Waals surface area contributed by atoms with Gasteiger partial charge < -0.3 is 0 Å². The van der Waals surface area contributed by atoms with E-state index in [2.05, 4.69) is 62.4 Å². The average molecular weight is 360 g/mol. The summed E-state index contributed by atoms with van der Waals surface area (Å²) in [5.41, 5.74) is 2.53. The number of hydrogen-bond donors (Lipinski definition) is 0. The molecule has 0 bridgehead atoms. The van der Waals surface area contributed by atoms with Crippen LogP contribution in [0, 0.1) is 38.1 Å². The Labute approximate surface area is 168 Å². The number of benzene rings is 2. The van der Waals surface area contributed by atoms with Crippen molar-refractivity contribution >= 4 is 0 Å². The molecule has 2 aromatic rings. The third-order valence-corrected chi connectivity index (χ3v) is 2.90. The molecule has 0 unspecified atom stereocenters. The van der Waals surface area contributed by atoms with Gasteiger partial charge in [-0.15, -0.1) is 12.8 Å². The first-order valence-electron chi connectivity index (χ1n) is 8.08. The van der Waals surface area contributed by atoms with Crippen molar-refractivity contribution in [2.75, 3.05) is 0 Å². The second kappa shape index (κ2) is 17.0. The summed E-state index contributed by atoms with van der Waals surface area (Å²) in [5.74, 6) is 0. The molecule has 0 spiro atoms. The van der Waals surface area contributed by atoms with Gasteiger partial charge in [0.05, 0.1) is 0 Å². The fourth-order valence-corrected chi connectivity index (χ4v) is 1.65. The quantitative estimate of drug-likeness (QED) is 0.388. The maximum atomic E-state index is 2.99. The summed E-state index contributed by atoms with van der Waals surface area (Å²) in [6.45, 7) is 4.10. The molecule has 0 heterocycles. The Balaban J connectivity index is 0.000000307. The molecular weight excluding hydrogens is 336 g/mol. The third kappa shape index (κ3) is 15.4. The van der Waals surface area contributed by atoms with E-state index in [0.717, 1.165) is 12.8 Å². The van der Waals surface area contributed by atoms with E-state index >= 15 is 0 Å². The minimum Gasteiger partial charge on any atom is -0.273 e. The Hall–Kier alpha value is -1.89.